The Morgan fingerprint density at radius 3 is 2.39 bits per heavy atom. The van der Waals surface area contributed by atoms with Gasteiger partial charge in [0, 0.05) is 11.9 Å². The van der Waals surface area contributed by atoms with Gasteiger partial charge in [-0.2, -0.15) is 18.3 Å². The quantitative estimate of drug-likeness (QED) is 0.508. The zero-order valence-electron chi connectivity index (χ0n) is 12.1. The number of halogens is 3. The van der Waals surface area contributed by atoms with Crippen molar-refractivity contribution in [2.75, 3.05) is 5.32 Å². The van der Waals surface area contributed by atoms with Crippen LogP contribution in [-0.2, 0) is 6.18 Å². The van der Waals surface area contributed by atoms with E-state index in [4.69, 9.17) is 12.2 Å². The summed E-state index contributed by atoms with van der Waals surface area (Å²) in [6, 6.07) is 9.98. The first-order valence-corrected chi connectivity index (χ1v) is 6.97. The van der Waals surface area contributed by atoms with E-state index in [1.807, 2.05) is 6.07 Å². The van der Waals surface area contributed by atoms with Crippen molar-refractivity contribution >= 4 is 28.7 Å². The topological polar surface area (TPSA) is 49.3 Å². The van der Waals surface area contributed by atoms with E-state index in [-0.39, 0.29) is 5.11 Å². The Hall–Kier alpha value is -2.48. The number of rotatable bonds is 3. The average molecular weight is 338 g/mol. The van der Waals surface area contributed by atoms with Crippen LogP contribution < -0.4 is 10.7 Å². The van der Waals surface area contributed by atoms with Crippen LogP contribution in [0, 0.1) is 0 Å². The first kappa shape index (κ1) is 16.9. The highest BCUT2D eigenvalue weighted by Crippen LogP contribution is 2.29. The monoisotopic (exact) mass is 338 g/mol. The Balaban J connectivity index is 1.95. The first-order chi connectivity index (χ1) is 10.9. The number of hydrogen-bond donors (Lipinski definition) is 2. The second-order valence-corrected chi connectivity index (χ2v) is 4.96. The third-order valence-corrected chi connectivity index (χ3v) is 3.02. The molecule has 23 heavy (non-hydrogen) atoms. The van der Waals surface area contributed by atoms with Gasteiger partial charge in [0.05, 0.1) is 17.0 Å². The molecule has 0 radical (unpaired) electrons. The number of nitrogens with zero attached hydrogens (tertiary/aromatic N) is 2. The van der Waals surface area contributed by atoms with Crippen LogP contribution in [0.2, 0.25) is 0 Å². The van der Waals surface area contributed by atoms with Gasteiger partial charge in [-0.05, 0) is 55.5 Å². The maximum atomic E-state index is 12.5. The average Bonchev–Trinajstić information content (AvgIpc) is 2.53. The van der Waals surface area contributed by atoms with Crippen molar-refractivity contribution in [1.82, 2.24) is 10.4 Å². The highest BCUT2D eigenvalue weighted by atomic mass is 32.1. The molecule has 1 heterocycles. The Kier molecular flexibility index (Phi) is 5.28. The summed E-state index contributed by atoms with van der Waals surface area (Å²) in [7, 11) is 0. The predicted molar refractivity (Wildman–Crippen MR) is 87.2 cm³/mol. The van der Waals surface area contributed by atoms with Crippen LogP contribution in [0.4, 0.5) is 18.9 Å². The molecular weight excluding hydrogens is 325 g/mol. The fourth-order valence-corrected chi connectivity index (χ4v) is 1.83. The molecule has 0 amide bonds. The normalized spacial score (nSPS) is 11.9. The van der Waals surface area contributed by atoms with Crippen LogP contribution in [0.3, 0.4) is 0 Å². The summed E-state index contributed by atoms with van der Waals surface area (Å²) < 4.78 is 37.4. The van der Waals surface area contributed by atoms with Gasteiger partial charge in [0.1, 0.15) is 0 Å². The Morgan fingerprint density at radius 2 is 1.83 bits per heavy atom. The van der Waals surface area contributed by atoms with Crippen LogP contribution in [0.1, 0.15) is 18.2 Å². The van der Waals surface area contributed by atoms with Gasteiger partial charge < -0.3 is 5.32 Å². The third kappa shape index (κ3) is 5.03. The minimum Gasteiger partial charge on any atom is -0.331 e. The molecule has 0 bridgehead atoms. The number of hydrazone groups is 1. The van der Waals surface area contributed by atoms with Crippen molar-refractivity contribution in [1.29, 1.82) is 0 Å². The van der Waals surface area contributed by atoms with E-state index in [0.29, 0.717) is 17.1 Å². The fraction of sp³-hybridized carbons (Fsp3) is 0.133. The van der Waals surface area contributed by atoms with Crippen molar-refractivity contribution in [2.45, 2.75) is 13.1 Å². The molecule has 1 aromatic carbocycles. The maximum absolute atomic E-state index is 12.5. The van der Waals surface area contributed by atoms with Gasteiger partial charge >= 0.3 is 6.18 Å². The predicted octanol–water partition coefficient (Wildman–Crippen LogP) is 3.81. The third-order valence-electron chi connectivity index (χ3n) is 2.83. The molecule has 0 aliphatic carbocycles. The maximum Gasteiger partial charge on any atom is 0.416 e. The van der Waals surface area contributed by atoms with E-state index in [0.717, 1.165) is 12.1 Å². The largest absolute Gasteiger partial charge is 0.416 e. The molecule has 1 aromatic heterocycles. The lowest BCUT2D eigenvalue weighted by Gasteiger charge is -2.10. The molecular formula is C15H13F3N4S. The molecule has 0 spiro atoms. The van der Waals surface area contributed by atoms with Crippen LogP contribution in [0.15, 0.2) is 53.8 Å². The van der Waals surface area contributed by atoms with Gasteiger partial charge in [0.25, 0.3) is 0 Å². The summed E-state index contributed by atoms with van der Waals surface area (Å²) in [4.78, 5) is 4.13. The molecule has 0 saturated carbocycles. The van der Waals surface area contributed by atoms with Gasteiger partial charge in [0.15, 0.2) is 5.11 Å². The van der Waals surface area contributed by atoms with Crippen molar-refractivity contribution in [3.63, 3.8) is 0 Å². The lowest BCUT2D eigenvalue weighted by molar-refractivity contribution is -0.137. The summed E-state index contributed by atoms with van der Waals surface area (Å²) in [6.45, 7) is 1.76. The van der Waals surface area contributed by atoms with Crippen molar-refractivity contribution in [2.24, 2.45) is 5.10 Å². The Bertz CT molecular complexity index is 697. The SMILES string of the molecule is CC(=NNC(=S)Nc1ccc(C(F)(F)F)cc1)c1ccccn1. The van der Waals surface area contributed by atoms with Crippen LogP contribution in [0.25, 0.3) is 0 Å². The van der Waals surface area contributed by atoms with Gasteiger partial charge in [-0.3, -0.25) is 10.4 Å². The zero-order chi connectivity index (χ0) is 16.9. The standard InChI is InChI=1S/C15H13F3N4S/c1-10(13-4-2-3-9-19-13)21-22-14(23)20-12-7-5-11(6-8-12)15(16,17)18/h2-9H,1H3,(H2,20,22,23). The molecule has 8 heteroatoms. The highest BCUT2D eigenvalue weighted by Gasteiger charge is 2.29. The summed E-state index contributed by atoms with van der Waals surface area (Å²) in [5.74, 6) is 0. The van der Waals surface area contributed by atoms with E-state index < -0.39 is 11.7 Å². The number of anilines is 1. The number of thiocarbonyl (C=S) groups is 1. The molecule has 0 atom stereocenters. The van der Waals surface area contributed by atoms with E-state index in [9.17, 15) is 13.2 Å². The van der Waals surface area contributed by atoms with E-state index >= 15 is 0 Å². The molecule has 0 fully saturated rings. The first-order valence-electron chi connectivity index (χ1n) is 6.56. The fourth-order valence-electron chi connectivity index (χ4n) is 1.67. The van der Waals surface area contributed by atoms with Crippen molar-refractivity contribution < 1.29 is 13.2 Å². The smallest absolute Gasteiger partial charge is 0.331 e. The Labute approximate surface area is 136 Å². The summed E-state index contributed by atoms with van der Waals surface area (Å²) in [6.07, 6.45) is -2.71. The number of pyridine rings is 1. The number of nitrogens with one attached hydrogen (secondary N) is 2. The lowest BCUT2D eigenvalue weighted by atomic mass is 10.2. The van der Waals surface area contributed by atoms with Gasteiger partial charge in [-0.25, -0.2) is 0 Å². The van der Waals surface area contributed by atoms with Crippen LogP contribution in [0.5, 0.6) is 0 Å². The van der Waals surface area contributed by atoms with Gasteiger partial charge in [-0.1, -0.05) is 6.07 Å². The summed E-state index contributed by atoms with van der Waals surface area (Å²) >= 11 is 5.04. The Morgan fingerprint density at radius 1 is 1.13 bits per heavy atom. The minimum absolute atomic E-state index is 0.167. The van der Waals surface area contributed by atoms with Gasteiger partial charge in [-0.15, -0.1) is 0 Å². The number of hydrogen-bond acceptors (Lipinski definition) is 3. The molecule has 0 aliphatic rings. The number of aromatic nitrogens is 1. The molecule has 120 valence electrons. The molecule has 2 rings (SSSR count). The molecule has 4 nitrogen and oxygen atoms in total. The van der Waals surface area contributed by atoms with E-state index in [2.05, 4.69) is 20.8 Å². The van der Waals surface area contributed by atoms with E-state index in [1.165, 1.54) is 12.1 Å². The van der Waals surface area contributed by atoms with Crippen LogP contribution in [-0.4, -0.2) is 15.8 Å². The molecule has 2 N–H and O–H groups in total. The molecule has 0 saturated heterocycles. The molecule has 0 unspecified atom stereocenters. The van der Waals surface area contributed by atoms with E-state index in [1.54, 1.807) is 25.3 Å². The highest BCUT2D eigenvalue weighted by molar-refractivity contribution is 7.80. The van der Waals surface area contributed by atoms with Crippen molar-refractivity contribution in [3.05, 3.63) is 59.9 Å². The van der Waals surface area contributed by atoms with Crippen LogP contribution >= 0.6 is 12.2 Å². The second kappa shape index (κ2) is 7.19. The molecule has 2 aromatic rings. The second-order valence-electron chi connectivity index (χ2n) is 4.55. The summed E-state index contributed by atoms with van der Waals surface area (Å²) in [5, 5.41) is 6.99. The number of benzene rings is 1. The summed E-state index contributed by atoms with van der Waals surface area (Å²) in [5.41, 5.74) is 3.65. The minimum atomic E-state index is -4.36. The van der Waals surface area contributed by atoms with Crippen molar-refractivity contribution in [3.8, 4) is 0 Å². The number of alkyl halides is 3. The molecule has 0 aliphatic heterocycles. The van der Waals surface area contributed by atoms with Gasteiger partial charge in [0.2, 0.25) is 0 Å². The lowest BCUT2D eigenvalue weighted by Crippen LogP contribution is -2.25. The zero-order valence-corrected chi connectivity index (χ0v) is 12.9.